The maximum atomic E-state index is 2.28. The van der Waals surface area contributed by atoms with E-state index in [1.165, 1.54) is 33.0 Å². The van der Waals surface area contributed by atoms with Gasteiger partial charge < -0.3 is 0 Å². The van der Waals surface area contributed by atoms with Crippen molar-refractivity contribution in [3.63, 3.8) is 0 Å². The van der Waals surface area contributed by atoms with Gasteiger partial charge in [0.2, 0.25) is 0 Å². The standard InChI is InChI=1S/C18H16N/c1-19-11-15-7-4-6-14-10-9-13-5-2-3-8-16(13)17(12-19)18(14)15/h2-8,11-12H,9-10H2,1H3/q+1. The van der Waals surface area contributed by atoms with Gasteiger partial charge >= 0.3 is 0 Å². The molecule has 0 radical (unpaired) electrons. The Morgan fingerprint density at radius 3 is 2.53 bits per heavy atom. The predicted octanol–water partition coefficient (Wildman–Crippen LogP) is 3.43. The van der Waals surface area contributed by atoms with Crippen LogP contribution in [0.4, 0.5) is 0 Å². The minimum atomic E-state index is 1.13. The van der Waals surface area contributed by atoms with Crippen LogP contribution in [0.2, 0.25) is 0 Å². The van der Waals surface area contributed by atoms with Gasteiger partial charge in [0, 0.05) is 10.8 Å². The molecule has 19 heavy (non-hydrogen) atoms. The Labute approximate surface area is 113 Å². The minimum absolute atomic E-state index is 1.13. The summed E-state index contributed by atoms with van der Waals surface area (Å²) in [5, 5.41) is 2.78. The number of aryl methyl sites for hydroxylation is 3. The first-order valence-corrected chi connectivity index (χ1v) is 6.82. The fourth-order valence-corrected chi connectivity index (χ4v) is 3.26. The Morgan fingerprint density at radius 2 is 1.58 bits per heavy atom. The molecule has 0 N–H and O–H groups in total. The Balaban J connectivity index is 2.20. The molecule has 0 saturated carbocycles. The van der Waals surface area contributed by atoms with Crippen molar-refractivity contribution in [3.05, 3.63) is 66.0 Å². The summed E-state index contributed by atoms with van der Waals surface area (Å²) in [4.78, 5) is 0. The van der Waals surface area contributed by atoms with E-state index in [0.29, 0.717) is 0 Å². The Kier molecular flexibility index (Phi) is 2.22. The van der Waals surface area contributed by atoms with Gasteiger partial charge in [0.25, 0.3) is 0 Å². The number of hydrogen-bond donors (Lipinski definition) is 0. The molecule has 3 aromatic rings. The van der Waals surface area contributed by atoms with E-state index in [1.807, 2.05) is 0 Å². The van der Waals surface area contributed by atoms with Crippen LogP contribution in [0.1, 0.15) is 11.1 Å². The maximum Gasteiger partial charge on any atom is 0.177 e. The number of pyridine rings is 1. The second-order valence-electron chi connectivity index (χ2n) is 5.38. The molecule has 0 unspecified atom stereocenters. The van der Waals surface area contributed by atoms with Gasteiger partial charge in [-0.25, -0.2) is 4.57 Å². The van der Waals surface area contributed by atoms with Crippen molar-refractivity contribution >= 4 is 10.8 Å². The molecule has 0 fully saturated rings. The zero-order valence-corrected chi connectivity index (χ0v) is 11.1. The van der Waals surface area contributed by atoms with Crippen molar-refractivity contribution in [1.82, 2.24) is 0 Å². The third kappa shape index (κ3) is 1.58. The van der Waals surface area contributed by atoms with E-state index >= 15 is 0 Å². The minimum Gasteiger partial charge on any atom is -0.207 e. The topological polar surface area (TPSA) is 3.88 Å². The third-order valence-electron chi connectivity index (χ3n) is 4.10. The quantitative estimate of drug-likeness (QED) is 0.535. The van der Waals surface area contributed by atoms with Crippen LogP contribution in [0.15, 0.2) is 54.9 Å². The Morgan fingerprint density at radius 1 is 0.789 bits per heavy atom. The number of hydrogen-bond acceptors (Lipinski definition) is 0. The molecule has 92 valence electrons. The second kappa shape index (κ2) is 3.92. The van der Waals surface area contributed by atoms with Gasteiger partial charge in [-0.15, -0.1) is 0 Å². The third-order valence-corrected chi connectivity index (χ3v) is 4.10. The molecule has 0 aliphatic heterocycles. The summed E-state index contributed by atoms with van der Waals surface area (Å²) < 4.78 is 2.17. The molecule has 1 nitrogen and oxygen atoms in total. The molecule has 0 saturated heterocycles. The van der Waals surface area contributed by atoms with E-state index in [0.717, 1.165) is 12.8 Å². The van der Waals surface area contributed by atoms with Gasteiger partial charge in [0.1, 0.15) is 7.05 Å². The molecule has 0 spiro atoms. The van der Waals surface area contributed by atoms with Crippen LogP contribution in [0.3, 0.4) is 0 Å². The lowest BCUT2D eigenvalue weighted by Crippen LogP contribution is -2.26. The van der Waals surface area contributed by atoms with Crippen LogP contribution in [0, 0.1) is 0 Å². The number of aromatic nitrogens is 1. The molecule has 1 aliphatic rings. The molecule has 2 aromatic carbocycles. The second-order valence-corrected chi connectivity index (χ2v) is 5.38. The first-order chi connectivity index (χ1) is 9.33. The van der Waals surface area contributed by atoms with Crippen molar-refractivity contribution in [3.8, 4) is 11.1 Å². The van der Waals surface area contributed by atoms with Gasteiger partial charge in [-0.1, -0.05) is 36.4 Å². The average Bonchev–Trinajstić information content (AvgIpc) is 2.59. The van der Waals surface area contributed by atoms with Crippen LogP contribution in [0.25, 0.3) is 21.9 Å². The molecule has 1 heteroatoms. The number of benzene rings is 2. The summed E-state index contributed by atoms with van der Waals surface area (Å²) in [6.45, 7) is 0. The summed E-state index contributed by atoms with van der Waals surface area (Å²) in [5.74, 6) is 0. The zero-order valence-electron chi connectivity index (χ0n) is 11.1. The van der Waals surface area contributed by atoms with E-state index in [4.69, 9.17) is 0 Å². The highest BCUT2D eigenvalue weighted by Gasteiger charge is 2.18. The first-order valence-electron chi connectivity index (χ1n) is 6.82. The smallest absolute Gasteiger partial charge is 0.177 e. The number of nitrogens with zero attached hydrogens (tertiary/aromatic N) is 1. The first kappa shape index (κ1) is 10.7. The molecule has 0 amide bonds. The van der Waals surface area contributed by atoms with Gasteiger partial charge in [0.15, 0.2) is 12.4 Å². The maximum absolute atomic E-state index is 2.28. The Hall–Kier alpha value is -2.15. The zero-order chi connectivity index (χ0) is 12.8. The number of rotatable bonds is 0. The van der Waals surface area contributed by atoms with Crippen LogP contribution >= 0.6 is 0 Å². The van der Waals surface area contributed by atoms with E-state index < -0.39 is 0 Å². The summed E-state index contributed by atoms with van der Waals surface area (Å²) in [7, 11) is 2.11. The summed E-state index contributed by atoms with van der Waals surface area (Å²) in [6.07, 6.45) is 6.75. The van der Waals surface area contributed by atoms with Crippen molar-refractivity contribution < 1.29 is 4.57 Å². The predicted molar refractivity (Wildman–Crippen MR) is 78.0 cm³/mol. The molecule has 4 rings (SSSR count). The highest BCUT2D eigenvalue weighted by Crippen LogP contribution is 2.35. The fraction of sp³-hybridized carbons (Fsp3) is 0.167. The molecular formula is C18H16N+. The lowest BCUT2D eigenvalue weighted by Gasteiger charge is -2.07. The van der Waals surface area contributed by atoms with Crippen LogP contribution < -0.4 is 4.57 Å². The van der Waals surface area contributed by atoms with Gasteiger partial charge in [-0.3, -0.25) is 0 Å². The highest BCUT2D eigenvalue weighted by molar-refractivity contribution is 5.98. The monoisotopic (exact) mass is 246 g/mol. The van der Waals surface area contributed by atoms with Crippen molar-refractivity contribution in [2.45, 2.75) is 12.8 Å². The van der Waals surface area contributed by atoms with Gasteiger partial charge in [-0.2, -0.15) is 0 Å². The van der Waals surface area contributed by atoms with Crippen LogP contribution in [0.5, 0.6) is 0 Å². The number of fused-ring (bicyclic) bond motifs is 2. The van der Waals surface area contributed by atoms with Crippen LogP contribution in [-0.4, -0.2) is 0 Å². The Bertz CT molecular complexity index is 787. The lowest BCUT2D eigenvalue weighted by atomic mass is 9.97. The summed E-state index contributed by atoms with van der Waals surface area (Å²) in [6, 6.07) is 15.5. The van der Waals surface area contributed by atoms with Crippen molar-refractivity contribution in [1.29, 1.82) is 0 Å². The molecular weight excluding hydrogens is 230 g/mol. The van der Waals surface area contributed by atoms with Gasteiger partial charge in [-0.05, 0) is 35.6 Å². The molecule has 1 heterocycles. The normalized spacial score (nSPS) is 13.1. The van der Waals surface area contributed by atoms with Crippen molar-refractivity contribution in [2.75, 3.05) is 0 Å². The van der Waals surface area contributed by atoms with E-state index in [9.17, 15) is 0 Å². The lowest BCUT2D eigenvalue weighted by molar-refractivity contribution is -0.669. The highest BCUT2D eigenvalue weighted by atomic mass is 14.9. The summed E-state index contributed by atoms with van der Waals surface area (Å²) in [5.41, 5.74) is 5.72. The van der Waals surface area contributed by atoms with E-state index in [2.05, 4.69) is 66.5 Å². The van der Waals surface area contributed by atoms with E-state index in [1.54, 1.807) is 0 Å². The van der Waals surface area contributed by atoms with E-state index in [-0.39, 0.29) is 0 Å². The SMILES string of the molecule is C[n+]1cc2c3c(cccc3c1)CCc1ccccc1-2. The average molecular weight is 246 g/mol. The van der Waals surface area contributed by atoms with Crippen molar-refractivity contribution in [2.24, 2.45) is 7.05 Å². The van der Waals surface area contributed by atoms with Crippen LogP contribution in [-0.2, 0) is 19.9 Å². The molecule has 1 aliphatic carbocycles. The molecule has 0 bridgehead atoms. The largest absolute Gasteiger partial charge is 0.207 e. The molecule has 1 aromatic heterocycles. The van der Waals surface area contributed by atoms with Gasteiger partial charge in [0.05, 0.1) is 5.56 Å². The summed E-state index contributed by atoms with van der Waals surface area (Å²) >= 11 is 0. The fourth-order valence-electron chi connectivity index (χ4n) is 3.26. The molecule has 0 atom stereocenters.